The van der Waals surface area contributed by atoms with E-state index in [4.69, 9.17) is 20.3 Å². The Labute approximate surface area is 181 Å². The highest BCUT2D eigenvalue weighted by atomic mass is 31.2. The van der Waals surface area contributed by atoms with Crippen molar-refractivity contribution in [2.24, 2.45) is 11.7 Å². The summed E-state index contributed by atoms with van der Waals surface area (Å²) in [5.74, 6) is 0.345. The van der Waals surface area contributed by atoms with E-state index >= 15 is 0 Å². The second kappa shape index (κ2) is 12.2. The number of unbranched alkanes of at least 4 members (excludes halogenated alkanes) is 2. The van der Waals surface area contributed by atoms with Crippen LogP contribution in [0.4, 0.5) is 13.2 Å². The number of halogens is 3. The van der Waals surface area contributed by atoms with E-state index in [0.29, 0.717) is 17.9 Å². The third-order valence-corrected chi connectivity index (χ3v) is 5.24. The summed E-state index contributed by atoms with van der Waals surface area (Å²) in [6, 6.07) is 3.70. The van der Waals surface area contributed by atoms with Gasteiger partial charge < -0.3 is 25.4 Å². The van der Waals surface area contributed by atoms with Crippen LogP contribution in [0.5, 0.6) is 5.75 Å². The number of benzene rings is 1. The number of phosphoric acid groups is 1. The summed E-state index contributed by atoms with van der Waals surface area (Å²) < 4.78 is 61.0. The molecule has 0 amide bonds. The van der Waals surface area contributed by atoms with Crippen molar-refractivity contribution in [1.29, 1.82) is 0 Å². The van der Waals surface area contributed by atoms with Gasteiger partial charge in [-0.15, -0.1) is 0 Å². The van der Waals surface area contributed by atoms with Crippen molar-refractivity contribution < 1.29 is 41.9 Å². The lowest BCUT2D eigenvalue weighted by Gasteiger charge is -2.27. The predicted octanol–water partition coefficient (Wildman–Crippen LogP) is 4.03. The fourth-order valence-electron chi connectivity index (χ4n) is 2.90. The number of nitrogens with two attached hydrogens (primary N) is 1. The van der Waals surface area contributed by atoms with E-state index in [1.165, 1.54) is 12.1 Å². The first-order chi connectivity index (χ1) is 14.3. The van der Waals surface area contributed by atoms with E-state index in [1.807, 2.05) is 0 Å². The van der Waals surface area contributed by atoms with E-state index in [1.54, 1.807) is 0 Å². The maximum atomic E-state index is 13.5. The zero-order valence-corrected chi connectivity index (χ0v) is 18.8. The number of alkyl halides is 3. The molecule has 0 aliphatic heterocycles. The van der Waals surface area contributed by atoms with Crippen LogP contribution >= 0.6 is 7.82 Å². The van der Waals surface area contributed by atoms with Crippen molar-refractivity contribution >= 4 is 7.82 Å². The van der Waals surface area contributed by atoms with Crippen LogP contribution in [0.2, 0.25) is 0 Å². The fourth-order valence-corrected chi connectivity index (χ4v) is 3.32. The molecule has 0 spiro atoms. The van der Waals surface area contributed by atoms with Crippen LogP contribution in [0.1, 0.15) is 57.1 Å². The highest BCUT2D eigenvalue weighted by molar-refractivity contribution is 7.46. The largest absolute Gasteiger partial charge is 0.493 e. The normalized spacial score (nSPS) is 14.6. The van der Waals surface area contributed by atoms with E-state index in [0.717, 1.165) is 25.3 Å². The molecule has 0 fully saturated rings. The predicted molar refractivity (Wildman–Crippen MR) is 111 cm³/mol. The lowest BCUT2D eigenvalue weighted by molar-refractivity contribution is -0.139. The zero-order chi connectivity index (χ0) is 23.7. The lowest BCUT2D eigenvalue weighted by Crippen LogP contribution is -2.48. The van der Waals surface area contributed by atoms with Crippen LogP contribution in [0.3, 0.4) is 0 Å². The molecule has 1 rings (SSSR count). The van der Waals surface area contributed by atoms with Crippen molar-refractivity contribution in [1.82, 2.24) is 0 Å². The molecule has 0 saturated carbocycles. The Bertz CT molecular complexity index is 725. The van der Waals surface area contributed by atoms with Crippen LogP contribution in [0, 0.1) is 5.92 Å². The number of ether oxygens (including phenoxy) is 1. The van der Waals surface area contributed by atoms with E-state index in [2.05, 4.69) is 18.4 Å². The maximum Gasteiger partial charge on any atom is 0.469 e. The summed E-state index contributed by atoms with van der Waals surface area (Å²) in [4.78, 5) is 17.5. The molecule has 0 saturated heterocycles. The number of phosphoric ester groups is 1. The number of rotatable bonds is 14. The molecule has 31 heavy (non-hydrogen) atoms. The molecule has 0 aliphatic carbocycles. The highest BCUT2D eigenvalue weighted by Gasteiger charge is 2.35. The van der Waals surface area contributed by atoms with Crippen molar-refractivity contribution in [2.75, 3.05) is 19.8 Å². The standard InChI is InChI=1S/C20H33F3NO6P/c1-15(2)6-4-3-5-11-29-18-8-7-16(12-17(18)20(21,22)23)9-10-19(24,13-25)14-30-31(26,27)28/h7-8,12,15,25H,3-6,9-11,13-14,24H2,1-2H3,(H2,26,27,28). The van der Waals surface area contributed by atoms with E-state index < -0.39 is 38.3 Å². The first kappa shape index (κ1) is 27.9. The molecular formula is C20H33F3NO6P. The van der Waals surface area contributed by atoms with E-state index in [9.17, 15) is 22.8 Å². The van der Waals surface area contributed by atoms with Crippen LogP contribution in [-0.2, 0) is 21.7 Å². The van der Waals surface area contributed by atoms with Gasteiger partial charge >= 0.3 is 14.0 Å². The van der Waals surface area contributed by atoms with Gasteiger partial charge in [-0.3, -0.25) is 4.52 Å². The van der Waals surface area contributed by atoms with Crippen molar-refractivity contribution in [3.63, 3.8) is 0 Å². The Kier molecular flexibility index (Phi) is 11.0. The monoisotopic (exact) mass is 471 g/mol. The smallest absolute Gasteiger partial charge is 0.469 e. The molecule has 0 bridgehead atoms. The Morgan fingerprint density at radius 1 is 1.16 bits per heavy atom. The van der Waals surface area contributed by atoms with Gasteiger partial charge in [0.05, 0.1) is 30.9 Å². The van der Waals surface area contributed by atoms with Crippen LogP contribution in [0.25, 0.3) is 0 Å². The molecule has 0 heterocycles. The highest BCUT2D eigenvalue weighted by Crippen LogP contribution is 2.38. The van der Waals surface area contributed by atoms with Gasteiger partial charge in [0.15, 0.2) is 0 Å². The van der Waals surface area contributed by atoms with Crippen LogP contribution in [0.15, 0.2) is 18.2 Å². The van der Waals surface area contributed by atoms with Gasteiger partial charge in [0.1, 0.15) is 5.75 Å². The summed E-state index contributed by atoms with van der Waals surface area (Å²) in [5, 5.41) is 9.42. The van der Waals surface area contributed by atoms with Crippen LogP contribution in [-0.4, -0.2) is 40.3 Å². The number of hydrogen-bond donors (Lipinski definition) is 4. The average Bonchev–Trinajstić information content (AvgIpc) is 2.66. The number of aryl methyl sites for hydroxylation is 1. The quantitative estimate of drug-likeness (QED) is 0.239. The zero-order valence-electron chi connectivity index (χ0n) is 17.9. The fraction of sp³-hybridized carbons (Fsp3) is 0.700. The minimum absolute atomic E-state index is 0.0418. The summed E-state index contributed by atoms with van der Waals surface area (Å²) >= 11 is 0. The van der Waals surface area contributed by atoms with Gasteiger partial charge in [-0.1, -0.05) is 39.2 Å². The molecule has 1 unspecified atom stereocenters. The lowest BCUT2D eigenvalue weighted by atomic mass is 9.93. The SMILES string of the molecule is CC(C)CCCCCOc1ccc(CCC(N)(CO)COP(=O)(O)O)cc1C(F)(F)F. The first-order valence-electron chi connectivity index (χ1n) is 10.2. The van der Waals surface area contributed by atoms with Gasteiger partial charge in [-0.2, -0.15) is 13.2 Å². The second-order valence-electron chi connectivity index (χ2n) is 8.20. The number of aliphatic hydroxyl groups excluding tert-OH is 1. The minimum Gasteiger partial charge on any atom is -0.493 e. The Morgan fingerprint density at radius 3 is 2.39 bits per heavy atom. The molecule has 0 radical (unpaired) electrons. The van der Waals surface area contributed by atoms with Gasteiger partial charge in [-0.05, 0) is 42.9 Å². The summed E-state index contributed by atoms with van der Waals surface area (Å²) in [5.41, 5.74) is 3.76. The third-order valence-electron chi connectivity index (χ3n) is 4.78. The van der Waals surface area contributed by atoms with Crippen molar-refractivity contribution in [3.8, 4) is 5.75 Å². The Hall–Kier alpha value is -1.16. The number of hydrogen-bond acceptors (Lipinski definition) is 5. The molecule has 1 aromatic carbocycles. The maximum absolute atomic E-state index is 13.5. The van der Waals surface area contributed by atoms with E-state index in [-0.39, 0.29) is 25.2 Å². The van der Waals surface area contributed by atoms with Gasteiger partial charge in [-0.25, -0.2) is 4.57 Å². The summed E-state index contributed by atoms with van der Waals surface area (Å²) in [6.45, 7) is 3.13. The molecule has 5 N–H and O–H groups in total. The molecule has 0 aliphatic rings. The van der Waals surface area contributed by atoms with Gasteiger partial charge in [0.2, 0.25) is 0 Å². The first-order valence-corrected chi connectivity index (χ1v) is 11.7. The topological polar surface area (TPSA) is 122 Å². The molecular weight excluding hydrogens is 438 g/mol. The molecule has 180 valence electrons. The number of aliphatic hydroxyl groups is 1. The molecule has 0 aromatic heterocycles. The van der Waals surface area contributed by atoms with Crippen LogP contribution < -0.4 is 10.5 Å². The Morgan fingerprint density at radius 2 is 1.84 bits per heavy atom. The van der Waals surface area contributed by atoms with Crippen molar-refractivity contribution in [2.45, 2.75) is 64.1 Å². The summed E-state index contributed by atoms with van der Waals surface area (Å²) in [7, 11) is -4.79. The molecule has 1 atom stereocenters. The molecule has 11 heteroatoms. The van der Waals surface area contributed by atoms with Gasteiger partial charge in [0, 0.05) is 0 Å². The Balaban J connectivity index is 2.76. The van der Waals surface area contributed by atoms with Gasteiger partial charge in [0.25, 0.3) is 0 Å². The summed E-state index contributed by atoms with van der Waals surface area (Å²) in [6.07, 6.45) is -0.993. The molecule has 1 aromatic rings. The molecule has 7 nitrogen and oxygen atoms in total. The second-order valence-corrected chi connectivity index (χ2v) is 9.44. The average molecular weight is 471 g/mol. The van der Waals surface area contributed by atoms with Crippen molar-refractivity contribution in [3.05, 3.63) is 29.3 Å². The third kappa shape index (κ3) is 11.3. The minimum atomic E-state index is -4.79.